The molecule has 0 fully saturated rings. The quantitative estimate of drug-likeness (QED) is 0.347. The van der Waals surface area contributed by atoms with Crippen molar-refractivity contribution >= 4 is 29.9 Å². The summed E-state index contributed by atoms with van der Waals surface area (Å²) in [6.45, 7) is 8.22. The van der Waals surface area contributed by atoms with Crippen LogP contribution in [0.25, 0.3) is 0 Å². The lowest BCUT2D eigenvalue weighted by Gasteiger charge is -2.10. The number of hydrogen-bond donors (Lipinski definition) is 2. The number of hydrogen-bond acceptors (Lipinski definition) is 2. The molecule has 5 heteroatoms. The third kappa shape index (κ3) is 7.92. The van der Waals surface area contributed by atoms with E-state index in [4.69, 9.17) is 10.5 Å². The van der Waals surface area contributed by atoms with Crippen molar-refractivity contribution in [3.05, 3.63) is 29.8 Å². The van der Waals surface area contributed by atoms with Crippen LogP contribution in [0.1, 0.15) is 19.4 Å². The van der Waals surface area contributed by atoms with Crippen molar-refractivity contribution in [1.82, 2.24) is 5.32 Å². The average molecular weight is 377 g/mol. The number of nitrogens with two attached hydrogens (primary N) is 1. The zero-order valence-corrected chi connectivity index (χ0v) is 14.2. The number of nitrogens with one attached hydrogen (secondary N) is 1. The molecule has 19 heavy (non-hydrogen) atoms. The van der Waals surface area contributed by atoms with Crippen molar-refractivity contribution < 1.29 is 4.74 Å². The first-order valence-electron chi connectivity index (χ1n) is 6.32. The molecule has 108 valence electrons. The summed E-state index contributed by atoms with van der Waals surface area (Å²) in [7, 11) is 0. The molecule has 0 atom stereocenters. The first kappa shape index (κ1) is 18.0. The van der Waals surface area contributed by atoms with E-state index in [0.29, 0.717) is 25.0 Å². The predicted molar refractivity (Wildman–Crippen MR) is 91.4 cm³/mol. The van der Waals surface area contributed by atoms with Crippen molar-refractivity contribution in [2.45, 2.75) is 20.8 Å². The highest BCUT2D eigenvalue weighted by Crippen LogP contribution is 2.15. The topological polar surface area (TPSA) is 59.6 Å². The molecule has 0 aliphatic rings. The molecule has 0 aromatic heterocycles. The van der Waals surface area contributed by atoms with Gasteiger partial charge >= 0.3 is 0 Å². The molecule has 1 rings (SSSR count). The summed E-state index contributed by atoms with van der Waals surface area (Å²) in [5, 5.41) is 3.03. The van der Waals surface area contributed by atoms with E-state index in [1.165, 1.54) is 0 Å². The van der Waals surface area contributed by atoms with Gasteiger partial charge in [-0.1, -0.05) is 32.0 Å². The van der Waals surface area contributed by atoms with Crippen LogP contribution in [0.5, 0.6) is 5.75 Å². The molecule has 0 spiro atoms. The molecular weight excluding hydrogens is 353 g/mol. The first-order chi connectivity index (χ1) is 8.59. The Morgan fingerprint density at radius 2 is 2.05 bits per heavy atom. The van der Waals surface area contributed by atoms with Gasteiger partial charge in [-0.3, -0.25) is 4.99 Å². The van der Waals surface area contributed by atoms with Crippen LogP contribution in [0, 0.1) is 12.8 Å². The van der Waals surface area contributed by atoms with Crippen molar-refractivity contribution in [1.29, 1.82) is 0 Å². The smallest absolute Gasteiger partial charge is 0.188 e. The molecule has 0 amide bonds. The third-order valence-corrected chi connectivity index (χ3v) is 2.39. The van der Waals surface area contributed by atoms with Crippen LogP contribution in [0.4, 0.5) is 0 Å². The highest BCUT2D eigenvalue weighted by Gasteiger charge is 1.98. The Labute approximate surface area is 132 Å². The molecule has 0 radical (unpaired) electrons. The van der Waals surface area contributed by atoms with Gasteiger partial charge in [0.05, 0.1) is 6.54 Å². The number of halogens is 1. The zero-order valence-electron chi connectivity index (χ0n) is 11.8. The first-order valence-corrected chi connectivity index (χ1v) is 6.32. The number of benzene rings is 1. The van der Waals surface area contributed by atoms with Gasteiger partial charge in [0, 0.05) is 6.54 Å². The Morgan fingerprint density at radius 1 is 1.37 bits per heavy atom. The fraction of sp³-hybridized carbons (Fsp3) is 0.500. The largest absolute Gasteiger partial charge is 0.491 e. The number of ether oxygens (including phenoxy) is 1. The van der Waals surface area contributed by atoms with Crippen LogP contribution in [0.15, 0.2) is 29.3 Å². The van der Waals surface area contributed by atoms with Gasteiger partial charge in [-0.25, -0.2) is 0 Å². The number of rotatable bonds is 6. The van der Waals surface area contributed by atoms with E-state index >= 15 is 0 Å². The molecule has 4 nitrogen and oxygen atoms in total. The minimum atomic E-state index is 0. The molecule has 1 aromatic carbocycles. The van der Waals surface area contributed by atoms with Gasteiger partial charge < -0.3 is 15.8 Å². The van der Waals surface area contributed by atoms with Gasteiger partial charge in [0.15, 0.2) is 5.96 Å². The lowest BCUT2D eigenvalue weighted by molar-refractivity contribution is 0.320. The second-order valence-corrected chi connectivity index (χ2v) is 4.66. The van der Waals surface area contributed by atoms with Gasteiger partial charge in [0.25, 0.3) is 0 Å². The molecule has 0 saturated heterocycles. The molecule has 0 unspecified atom stereocenters. The van der Waals surface area contributed by atoms with Crippen LogP contribution in [-0.2, 0) is 0 Å². The summed E-state index contributed by atoms with van der Waals surface area (Å²) in [5.41, 5.74) is 6.85. The van der Waals surface area contributed by atoms with Crippen molar-refractivity contribution in [3.8, 4) is 5.75 Å². The lowest BCUT2D eigenvalue weighted by Crippen LogP contribution is -2.35. The second-order valence-electron chi connectivity index (χ2n) is 4.66. The van der Waals surface area contributed by atoms with Crippen LogP contribution < -0.4 is 15.8 Å². The number of guanidine groups is 1. The van der Waals surface area contributed by atoms with Crippen molar-refractivity contribution in [2.24, 2.45) is 16.6 Å². The number of nitrogens with zero attached hydrogens (tertiary/aromatic N) is 1. The molecule has 0 saturated carbocycles. The van der Waals surface area contributed by atoms with Crippen LogP contribution in [-0.4, -0.2) is 25.7 Å². The number of aryl methyl sites for hydroxylation is 1. The summed E-state index contributed by atoms with van der Waals surface area (Å²) < 4.78 is 5.64. The van der Waals surface area contributed by atoms with E-state index in [0.717, 1.165) is 17.9 Å². The zero-order chi connectivity index (χ0) is 13.4. The predicted octanol–water partition coefficient (Wildman–Crippen LogP) is 2.55. The van der Waals surface area contributed by atoms with E-state index in [1.807, 2.05) is 31.2 Å². The minimum absolute atomic E-state index is 0. The van der Waals surface area contributed by atoms with Gasteiger partial charge in [0.2, 0.25) is 0 Å². The fourth-order valence-electron chi connectivity index (χ4n) is 1.40. The fourth-order valence-corrected chi connectivity index (χ4v) is 1.40. The van der Waals surface area contributed by atoms with Crippen LogP contribution in [0.3, 0.4) is 0 Å². The Bertz CT molecular complexity index is 394. The Hall–Kier alpha value is -0.980. The highest BCUT2D eigenvalue weighted by atomic mass is 127. The second kappa shape index (κ2) is 9.89. The molecule has 0 aliphatic heterocycles. The average Bonchev–Trinajstić information content (AvgIpc) is 2.34. The van der Waals surface area contributed by atoms with Crippen LogP contribution in [0.2, 0.25) is 0 Å². The van der Waals surface area contributed by atoms with E-state index < -0.39 is 0 Å². The Balaban J connectivity index is 0.00000324. The Kier molecular flexibility index (Phi) is 9.38. The third-order valence-electron chi connectivity index (χ3n) is 2.39. The summed E-state index contributed by atoms with van der Waals surface area (Å²) in [6.07, 6.45) is 0. The number of aliphatic imine (C=N–C) groups is 1. The van der Waals surface area contributed by atoms with Gasteiger partial charge in [0.1, 0.15) is 12.4 Å². The summed E-state index contributed by atoms with van der Waals surface area (Å²) in [6, 6.07) is 7.96. The lowest BCUT2D eigenvalue weighted by atomic mass is 10.2. The highest BCUT2D eigenvalue weighted by molar-refractivity contribution is 14.0. The maximum absolute atomic E-state index is 5.71. The summed E-state index contributed by atoms with van der Waals surface area (Å²) in [5.74, 6) is 1.92. The Morgan fingerprint density at radius 3 is 2.68 bits per heavy atom. The summed E-state index contributed by atoms with van der Waals surface area (Å²) in [4.78, 5) is 4.21. The maximum Gasteiger partial charge on any atom is 0.188 e. The monoisotopic (exact) mass is 377 g/mol. The molecule has 0 bridgehead atoms. The minimum Gasteiger partial charge on any atom is -0.491 e. The van der Waals surface area contributed by atoms with E-state index in [9.17, 15) is 0 Å². The van der Waals surface area contributed by atoms with E-state index in [1.54, 1.807) is 0 Å². The van der Waals surface area contributed by atoms with E-state index in [-0.39, 0.29) is 24.0 Å². The SMILES string of the molecule is Cc1ccccc1OCCNC(N)=NCC(C)C.I. The van der Waals surface area contributed by atoms with Gasteiger partial charge in [-0.2, -0.15) is 0 Å². The maximum atomic E-state index is 5.71. The summed E-state index contributed by atoms with van der Waals surface area (Å²) >= 11 is 0. The standard InChI is InChI=1S/C14H23N3O.HI/c1-11(2)10-17-14(15)16-8-9-18-13-7-5-4-6-12(13)3;/h4-7,11H,8-10H2,1-3H3,(H3,15,16,17);1H. The molecule has 1 aromatic rings. The molecule has 3 N–H and O–H groups in total. The molecule has 0 heterocycles. The van der Waals surface area contributed by atoms with Crippen molar-refractivity contribution in [2.75, 3.05) is 19.7 Å². The van der Waals surface area contributed by atoms with Gasteiger partial charge in [-0.15, -0.1) is 24.0 Å². The molecular formula is C14H24IN3O. The molecule has 0 aliphatic carbocycles. The van der Waals surface area contributed by atoms with Crippen LogP contribution >= 0.6 is 24.0 Å². The van der Waals surface area contributed by atoms with E-state index in [2.05, 4.69) is 24.2 Å². The van der Waals surface area contributed by atoms with Crippen molar-refractivity contribution in [3.63, 3.8) is 0 Å². The number of para-hydroxylation sites is 1. The van der Waals surface area contributed by atoms with Gasteiger partial charge in [-0.05, 0) is 24.5 Å². The normalized spacial score (nSPS) is 11.1.